The standard InChI is InChI=1S/C18H19Cl2N3O5S/c1-10-7-8-12(19)17(15(10)20)29(26,27)23(2)9-14(24)22-13-6-4-5-11(16(13)21)18(25)28-3/h4-8H,9,21H2,1-3H3,(H,22,24). The number of hydrogen-bond donors (Lipinski definition) is 2. The Morgan fingerprint density at radius 1 is 1.21 bits per heavy atom. The number of esters is 1. The summed E-state index contributed by atoms with van der Waals surface area (Å²) < 4.78 is 31.1. The molecule has 2 aromatic carbocycles. The third-order valence-electron chi connectivity index (χ3n) is 4.06. The van der Waals surface area contributed by atoms with Gasteiger partial charge in [0.25, 0.3) is 0 Å². The average Bonchev–Trinajstić information content (AvgIpc) is 2.65. The molecule has 0 saturated heterocycles. The van der Waals surface area contributed by atoms with E-state index in [4.69, 9.17) is 28.9 Å². The molecule has 156 valence electrons. The fraction of sp³-hybridized carbons (Fsp3) is 0.222. The maximum absolute atomic E-state index is 12.9. The van der Waals surface area contributed by atoms with Gasteiger partial charge in [-0.05, 0) is 30.7 Å². The molecule has 0 aliphatic heterocycles. The second kappa shape index (κ2) is 9.00. The largest absolute Gasteiger partial charge is 0.465 e. The van der Waals surface area contributed by atoms with Gasteiger partial charge in [-0.3, -0.25) is 4.79 Å². The molecule has 0 spiro atoms. The van der Waals surface area contributed by atoms with Crippen molar-refractivity contribution in [3.63, 3.8) is 0 Å². The summed E-state index contributed by atoms with van der Waals surface area (Å²) >= 11 is 12.2. The molecule has 29 heavy (non-hydrogen) atoms. The van der Waals surface area contributed by atoms with Gasteiger partial charge in [-0.2, -0.15) is 4.31 Å². The number of anilines is 2. The number of amides is 1. The Labute approximate surface area is 178 Å². The van der Waals surface area contributed by atoms with Gasteiger partial charge in [0.05, 0.1) is 40.6 Å². The van der Waals surface area contributed by atoms with E-state index in [9.17, 15) is 18.0 Å². The van der Waals surface area contributed by atoms with Crippen LogP contribution in [0.15, 0.2) is 35.2 Å². The van der Waals surface area contributed by atoms with Crippen LogP contribution in [0.2, 0.25) is 10.0 Å². The second-order valence-corrected chi connectivity index (χ2v) is 8.84. The number of nitrogens with one attached hydrogen (secondary N) is 1. The normalized spacial score (nSPS) is 11.4. The Morgan fingerprint density at radius 2 is 1.86 bits per heavy atom. The molecule has 2 rings (SSSR count). The maximum atomic E-state index is 12.9. The van der Waals surface area contributed by atoms with Crippen molar-refractivity contribution in [2.75, 3.05) is 31.8 Å². The van der Waals surface area contributed by atoms with E-state index in [1.165, 1.54) is 38.4 Å². The molecular weight excluding hydrogens is 441 g/mol. The van der Waals surface area contributed by atoms with Gasteiger partial charge < -0.3 is 15.8 Å². The van der Waals surface area contributed by atoms with E-state index in [-0.39, 0.29) is 31.9 Å². The van der Waals surface area contributed by atoms with Gasteiger partial charge in [0.2, 0.25) is 15.9 Å². The highest BCUT2D eigenvalue weighted by molar-refractivity contribution is 7.89. The monoisotopic (exact) mass is 459 g/mol. The first kappa shape index (κ1) is 23.0. The summed E-state index contributed by atoms with van der Waals surface area (Å²) in [6.45, 7) is 1.10. The molecule has 0 aliphatic carbocycles. The van der Waals surface area contributed by atoms with E-state index in [0.717, 1.165) is 4.31 Å². The van der Waals surface area contributed by atoms with E-state index in [1.807, 2.05) is 0 Å². The predicted molar refractivity (Wildman–Crippen MR) is 112 cm³/mol. The smallest absolute Gasteiger partial charge is 0.340 e. The van der Waals surface area contributed by atoms with Crippen molar-refractivity contribution in [1.29, 1.82) is 0 Å². The number of nitrogens with two attached hydrogens (primary N) is 1. The van der Waals surface area contributed by atoms with Gasteiger partial charge in [0.15, 0.2) is 0 Å². The van der Waals surface area contributed by atoms with Crippen molar-refractivity contribution >= 4 is 56.5 Å². The topological polar surface area (TPSA) is 119 Å². The van der Waals surface area contributed by atoms with Crippen LogP contribution in [-0.2, 0) is 19.6 Å². The van der Waals surface area contributed by atoms with Gasteiger partial charge in [-0.1, -0.05) is 35.3 Å². The molecule has 0 aliphatic rings. The molecule has 0 heterocycles. The molecule has 0 radical (unpaired) electrons. The highest BCUT2D eigenvalue weighted by Gasteiger charge is 2.29. The summed E-state index contributed by atoms with van der Waals surface area (Å²) in [5, 5.41) is 2.41. The number of halogens is 2. The fourth-order valence-corrected chi connectivity index (χ4v) is 4.72. The number of carbonyl (C=O) groups excluding carboxylic acids is 2. The Morgan fingerprint density at radius 3 is 2.48 bits per heavy atom. The van der Waals surface area contributed by atoms with Crippen molar-refractivity contribution < 1.29 is 22.7 Å². The van der Waals surface area contributed by atoms with Crippen LogP contribution in [0.25, 0.3) is 0 Å². The number of carbonyl (C=O) groups is 2. The molecule has 8 nitrogen and oxygen atoms in total. The van der Waals surface area contributed by atoms with E-state index in [1.54, 1.807) is 13.0 Å². The minimum atomic E-state index is -4.14. The number of sulfonamides is 1. The van der Waals surface area contributed by atoms with Crippen LogP contribution in [0.4, 0.5) is 11.4 Å². The lowest BCUT2D eigenvalue weighted by molar-refractivity contribution is -0.116. The van der Waals surface area contributed by atoms with Gasteiger partial charge in [0.1, 0.15) is 4.90 Å². The molecule has 0 atom stereocenters. The molecular formula is C18H19Cl2N3O5S. The first-order valence-corrected chi connectivity index (χ1v) is 10.4. The first-order chi connectivity index (χ1) is 13.5. The molecule has 2 aromatic rings. The number of benzene rings is 2. The fourth-order valence-electron chi connectivity index (χ4n) is 2.46. The maximum Gasteiger partial charge on any atom is 0.340 e. The number of para-hydroxylation sites is 1. The number of hydrogen-bond acceptors (Lipinski definition) is 6. The Hall–Kier alpha value is -2.33. The molecule has 0 fully saturated rings. The van der Waals surface area contributed by atoms with Crippen LogP contribution in [0.3, 0.4) is 0 Å². The van der Waals surface area contributed by atoms with E-state index >= 15 is 0 Å². The van der Waals surface area contributed by atoms with Crippen molar-refractivity contribution in [2.45, 2.75) is 11.8 Å². The molecule has 0 aromatic heterocycles. The third-order valence-corrected chi connectivity index (χ3v) is 6.98. The zero-order valence-electron chi connectivity index (χ0n) is 15.8. The molecule has 11 heteroatoms. The van der Waals surface area contributed by atoms with Crippen LogP contribution in [0.1, 0.15) is 15.9 Å². The van der Waals surface area contributed by atoms with Gasteiger partial charge in [0, 0.05) is 7.05 Å². The summed E-state index contributed by atoms with van der Waals surface area (Å²) in [5.74, 6) is -1.34. The summed E-state index contributed by atoms with van der Waals surface area (Å²) in [4.78, 5) is 23.8. The zero-order chi connectivity index (χ0) is 21.9. The van der Waals surface area contributed by atoms with Crippen LogP contribution >= 0.6 is 23.2 Å². The lowest BCUT2D eigenvalue weighted by atomic mass is 10.1. The highest BCUT2D eigenvalue weighted by atomic mass is 35.5. The summed E-state index contributed by atoms with van der Waals surface area (Å²) in [7, 11) is -1.72. The lowest BCUT2D eigenvalue weighted by Crippen LogP contribution is -2.35. The van der Waals surface area contributed by atoms with E-state index in [0.29, 0.717) is 5.56 Å². The quantitative estimate of drug-likeness (QED) is 0.506. The molecule has 1 amide bonds. The van der Waals surface area contributed by atoms with Gasteiger partial charge in [-0.15, -0.1) is 0 Å². The van der Waals surface area contributed by atoms with Crippen molar-refractivity contribution in [1.82, 2.24) is 4.31 Å². The minimum Gasteiger partial charge on any atom is -0.465 e. The number of nitrogen functional groups attached to an aromatic ring is 1. The Bertz CT molecular complexity index is 1070. The number of methoxy groups -OCH3 is 1. The second-order valence-electron chi connectivity index (χ2n) is 6.08. The molecule has 0 unspecified atom stereocenters. The van der Waals surface area contributed by atoms with Gasteiger partial charge in [-0.25, -0.2) is 13.2 Å². The Balaban J connectivity index is 2.24. The summed E-state index contributed by atoms with van der Waals surface area (Å²) in [6, 6.07) is 7.43. The number of nitrogens with zero attached hydrogens (tertiary/aromatic N) is 1. The Kier molecular flexibility index (Phi) is 7.12. The highest BCUT2D eigenvalue weighted by Crippen LogP contribution is 2.33. The zero-order valence-corrected chi connectivity index (χ0v) is 18.2. The van der Waals surface area contributed by atoms with Crippen molar-refractivity contribution in [2.24, 2.45) is 0 Å². The molecule has 0 bridgehead atoms. The number of aryl methyl sites for hydroxylation is 1. The summed E-state index contributed by atoms with van der Waals surface area (Å²) in [6.07, 6.45) is 0. The first-order valence-electron chi connectivity index (χ1n) is 8.18. The van der Waals surface area contributed by atoms with Crippen LogP contribution < -0.4 is 11.1 Å². The van der Waals surface area contributed by atoms with Crippen molar-refractivity contribution in [3.05, 3.63) is 51.5 Å². The molecule has 0 saturated carbocycles. The SMILES string of the molecule is COC(=O)c1cccc(NC(=O)CN(C)S(=O)(=O)c2c(Cl)ccc(C)c2Cl)c1N. The van der Waals surface area contributed by atoms with Crippen molar-refractivity contribution in [3.8, 4) is 0 Å². The van der Waals surface area contributed by atoms with Crippen LogP contribution in [-0.4, -0.2) is 45.3 Å². The number of ether oxygens (including phenoxy) is 1. The average molecular weight is 460 g/mol. The van der Waals surface area contributed by atoms with Gasteiger partial charge >= 0.3 is 5.97 Å². The number of likely N-dealkylation sites (N-methyl/N-ethyl adjacent to an activating group) is 1. The predicted octanol–water partition coefficient (Wildman–Crippen LogP) is 2.93. The molecule has 3 N–H and O–H groups in total. The lowest BCUT2D eigenvalue weighted by Gasteiger charge is -2.19. The summed E-state index contributed by atoms with van der Waals surface area (Å²) in [5.41, 5.74) is 6.64. The van der Waals surface area contributed by atoms with E-state index < -0.39 is 28.4 Å². The third kappa shape index (κ3) is 4.81. The van der Waals surface area contributed by atoms with E-state index in [2.05, 4.69) is 10.1 Å². The number of rotatable bonds is 6. The van der Waals surface area contributed by atoms with Crippen LogP contribution in [0.5, 0.6) is 0 Å². The minimum absolute atomic E-state index is 0.00276. The van der Waals surface area contributed by atoms with Crippen LogP contribution in [0, 0.1) is 6.92 Å².